The summed E-state index contributed by atoms with van der Waals surface area (Å²) in [5.74, 6) is -0.0264. The highest BCUT2D eigenvalue weighted by atomic mass is 16.6. The highest BCUT2D eigenvalue weighted by Gasteiger charge is 2.39. The quantitative estimate of drug-likeness (QED) is 0.644. The van der Waals surface area contributed by atoms with E-state index in [1.54, 1.807) is 12.1 Å². The van der Waals surface area contributed by atoms with Gasteiger partial charge in [0.25, 0.3) is 5.69 Å². The van der Waals surface area contributed by atoms with Crippen LogP contribution in [-0.4, -0.2) is 22.9 Å². The molecule has 21 heavy (non-hydrogen) atoms. The molecule has 1 aromatic carbocycles. The zero-order valence-electron chi connectivity index (χ0n) is 12.4. The molecule has 2 atom stereocenters. The molecular weight excluding hydrogens is 270 g/mol. The van der Waals surface area contributed by atoms with Crippen molar-refractivity contribution in [1.29, 1.82) is 0 Å². The van der Waals surface area contributed by atoms with Gasteiger partial charge < -0.3 is 10.6 Å². The van der Waals surface area contributed by atoms with Crippen LogP contribution in [0.3, 0.4) is 0 Å². The van der Waals surface area contributed by atoms with Crippen molar-refractivity contribution >= 4 is 11.6 Å². The van der Waals surface area contributed by atoms with Crippen LogP contribution in [0.4, 0.5) is 5.69 Å². The second-order valence-electron chi connectivity index (χ2n) is 5.51. The zero-order chi connectivity index (χ0) is 15.5. The van der Waals surface area contributed by atoms with Crippen LogP contribution in [0.1, 0.15) is 44.7 Å². The van der Waals surface area contributed by atoms with Gasteiger partial charge >= 0.3 is 0 Å². The van der Waals surface area contributed by atoms with E-state index >= 15 is 0 Å². The Labute approximate surface area is 124 Å². The van der Waals surface area contributed by atoms with E-state index in [0.717, 1.165) is 31.4 Å². The first-order valence-electron chi connectivity index (χ1n) is 7.29. The second-order valence-corrected chi connectivity index (χ2v) is 5.51. The molecule has 1 aliphatic rings. The van der Waals surface area contributed by atoms with Crippen LogP contribution in [0.25, 0.3) is 0 Å². The van der Waals surface area contributed by atoms with Crippen molar-refractivity contribution in [2.75, 3.05) is 6.54 Å². The first kappa shape index (κ1) is 15.4. The van der Waals surface area contributed by atoms with Crippen molar-refractivity contribution in [3.05, 3.63) is 39.9 Å². The van der Waals surface area contributed by atoms with Gasteiger partial charge in [-0.15, -0.1) is 0 Å². The standard InChI is InChI=1S/C15H21N3O3/c1-3-15(8-5-9-16-15)14(19)17-11(2)12-6-4-7-13(10-12)18(20)21/h4,6-7,10-11,16H,3,5,8-9H2,1-2H3,(H,17,19). The van der Waals surface area contributed by atoms with Gasteiger partial charge in [-0.2, -0.15) is 0 Å². The second kappa shape index (κ2) is 6.22. The Kier molecular flexibility index (Phi) is 4.57. The molecule has 0 aromatic heterocycles. The molecule has 2 N–H and O–H groups in total. The van der Waals surface area contributed by atoms with Crippen LogP contribution in [0.5, 0.6) is 0 Å². The number of benzene rings is 1. The third kappa shape index (κ3) is 3.21. The zero-order valence-corrected chi connectivity index (χ0v) is 12.4. The van der Waals surface area contributed by atoms with E-state index in [-0.39, 0.29) is 17.6 Å². The van der Waals surface area contributed by atoms with Crippen LogP contribution in [0.15, 0.2) is 24.3 Å². The Hall–Kier alpha value is -1.95. The minimum atomic E-state index is -0.491. The van der Waals surface area contributed by atoms with Crippen LogP contribution >= 0.6 is 0 Å². The third-order valence-corrected chi connectivity index (χ3v) is 4.21. The van der Waals surface area contributed by atoms with Gasteiger partial charge in [0.15, 0.2) is 0 Å². The molecule has 0 bridgehead atoms. The van der Waals surface area contributed by atoms with E-state index in [2.05, 4.69) is 10.6 Å². The monoisotopic (exact) mass is 291 g/mol. The summed E-state index contributed by atoms with van der Waals surface area (Å²) in [6, 6.07) is 6.12. The molecule has 2 rings (SSSR count). The number of nitrogens with one attached hydrogen (secondary N) is 2. The predicted octanol–water partition coefficient (Wildman–Crippen LogP) is 2.30. The highest BCUT2D eigenvalue weighted by molar-refractivity contribution is 5.87. The molecule has 1 amide bonds. The number of nitro groups is 1. The van der Waals surface area contributed by atoms with E-state index in [0.29, 0.717) is 0 Å². The molecule has 1 heterocycles. The van der Waals surface area contributed by atoms with Gasteiger partial charge in [-0.25, -0.2) is 0 Å². The summed E-state index contributed by atoms with van der Waals surface area (Å²) in [6.45, 7) is 4.69. The minimum absolute atomic E-state index is 0.0264. The Morgan fingerprint density at radius 3 is 2.90 bits per heavy atom. The molecule has 6 heteroatoms. The van der Waals surface area contributed by atoms with Crippen molar-refractivity contribution in [2.24, 2.45) is 0 Å². The maximum atomic E-state index is 12.5. The summed E-state index contributed by atoms with van der Waals surface area (Å²) in [6.07, 6.45) is 2.56. The van der Waals surface area contributed by atoms with Crippen molar-refractivity contribution in [2.45, 2.75) is 44.7 Å². The van der Waals surface area contributed by atoms with Crippen molar-refractivity contribution in [3.63, 3.8) is 0 Å². The average Bonchev–Trinajstić information content (AvgIpc) is 2.97. The fraction of sp³-hybridized carbons (Fsp3) is 0.533. The highest BCUT2D eigenvalue weighted by Crippen LogP contribution is 2.25. The lowest BCUT2D eigenvalue weighted by molar-refractivity contribution is -0.384. The van der Waals surface area contributed by atoms with Gasteiger partial charge in [-0.05, 0) is 38.3 Å². The van der Waals surface area contributed by atoms with Crippen molar-refractivity contribution < 1.29 is 9.72 Å². The third-order valence-electron chi connectivity index (χ3n) is 4.21. The number of nitro benzene ring substituents is 1. The summed E-state index contributed by atoms with van der Waals surface area (Å²) in [5.41, 5.74) is 0.286. The Morgan fingerprint density at radius 1 is 1.57 bits per heavy atom. The number of carbonyl (C=O) groups excluding carboxylic acids is 1. The maximum Gasteiger partial charge on any atom is 0.269 e. The van der Waals surface area contributed by atoms with Gasteiger partial charge in [0.2, 0.25) is 5.91 Å². The van der Waals surface area contributed by atoms with Crippen LogP contribution in [0.2, 0.25) is 0 Å². The summed E-state index contributed by atoms with van der Waals surface area (Å²) < 4.78 is 0. The minimum Gasteiger partial charge on any atom is -0.348 e. The lowest BCUT2D eigenvalue weighted by Gasteiger charge is -2.28. The van der Waals surface area contributed by atoms with E-state index in [1.807, 2.05) is 13.8 Å². The number of nitrogens with zero attached hydrogens (tertiary/aromatic N) is 1. The molecule has 1 fully saturated rings. The first-order valence-corrected chi connectivity index (χ1v) is 7.29. The van der Waals surface area contributed by atoms with Gasteiger partial charge in [0.1, 0.15) is 0 Å². The first-order chi connectivity index (χ1) is 9.98. The molecule has 6 nitrogen and oxygen atoms in total. The molecule has 1 aromatic rings. The van der Waals surface area contributed by atoms with Gasteiger partial charge in [-0.3, -0.25) is 14.9 Å². The molecule has 0 aliphatic carbocycles. The van der Waals surface area contributed by atoms with Crippen molar-refractivity contribution in [3.8, 4) is 0 Å². The summed E-state index contributed by atoms with van der Waals surface area (Å²) in [5, 5.41) is 17.1. The smallest absolute Gasteiger partial charge is 0.269 e. The predicted molar refractivity (Wildman–Crippen MR) is 79.9 cm³/mol. The number of hydrogen-bond donors (Lipinski definition) is 2. The lowest BCUT2D eigenvalue weighted by atomic mass is 9.92. The topological polar surface area (TPSA) is 84.3 Å². The molecule has 0 saturated carbocycles. The van der Waals surface area contributed by atoms with Crippen molar-refractivity contribution in [1.82, 2.24) is 10.6 Å². The Balaban J connectivity index is 2.10. The van der Waals surface area contributed by atoms with E-state index in [1.165, 1.54) is 12.1 Å². The Morgan fingerprint density at radius 2 is 2.33 bits per heavy atom. The van der Waals surface area contributed by atoms with Gasteiger partial charge in [0.05, 0.1) is 16.5 Å². The Bertz CT molecular complexity index is 539. The van der Waals surface area contributed by atoms with E-state index < -0.39 is 10.5 Å². The number of amides is 1. The number of hydrogen-bond acceptors (Lipinski definition) is 4. The average molecular weight is 291 g/mol. The molecule has 0 spiro atoms. The number of carbonyl (C=O) groups is 1. The summed E-state index contributed by atoms with van der Waals surface area (Å²) >= 11 is 0. The molecular formula is C15H21N3O3. The van der Waals surface area contributed by atoms with Crippen LogP contribution < -0.4 is 10.6 Å². The SMILES string of the molecule is CCC1(C(=O)NC(C)c2cccc([N+](=O)[O-])c2)CCCN1. The van der Waals surface area contributed by atoms with E-state index in [9.17, 15) is 14.9 Å². The lowest BCUT2D eigenvalue weighted by Crippen LogP contribution is -2.53. The molecule has 1 saturated heterocycles. The van der Waals surface area contributed by atoms with Gasteiger partial charge in [-0.1, -0.05) is 19.1 Å². The number of rotatable bonds is 5. The van der Waals surface area contributed by atoms with E-state index in [4.69, 9.17) is 0 Å². The normalized spacial score (nSPS) is 22.8. The van der Waals surface area contributed by atoms with Crippen LogP contribution in [-0.2, 0) is 4.79 Å². The maximum absolute atomic E-state index is 12.5. The summed E-state index contributed by atoms with van der Waals surface area (Å²) in [7, 11) is 0. The molecule has 2 unspecified atom stereocenters. The summed E-state index contributed by atoms with van der Waals surface area (Å²) in [4.78, 5) is 22.9. The molecule has 1 aliphatic heterocycles. The molecule has 114 valence electrons. The van der Waals surface area contributed by atoms with Crippen LogP contribution in [0, 0.1) is 10.1 Å². The fourth-order valence-electron chi connectivity index (χ4n) is 2.79. The van der Waals surface area contributed by atoms with Gasteiger partial charge in [0, 0.05) is 12.1 Å². The fourth-order valence-corrected chi connectivity index (χ4v) is 2.79. The molecule has 0 radical (unpaired) electrons. The number of non-ortho nitro benzene ring substituents is 1. The largest absolute Gasteiger partial charge is 0.348 e.